The molecule has 2 heteroatoms. The lowest BCUT2D eigenvalue weighted by Gasteiger charge is -2.39. The summed E-state index contributed by atoms with van der Waals surface area (Å²) in [4.78, 5) is 0. The number of ether oxygens (including phenoxy) is 1. The Balaban J connectivity index is 1.57. The van der Waals surface area contributed by atoms with Gasteiger partial charge in [-0.1, -0.05) is 97.9 Å². The molecule has 0 saturated heterocycles. The van der Waals surface area contributed by atoms with Crippen LogP contribution in [-0.2, 0) is 6.54 Å². The van der Waals surface area contributed by atoms with Crippen LogP contribution >= 0.6 is 0 Å². The number of benzene rings is 4. The van der Waals surface area contributed by atoms with E-state index < -0.39 is 0 Å². The van der Waals surface area contributed by atoms with E-state index in [1.807, 2.05) is 0 Å². The van der Waals surface area contributed by atoms with E-state index >= 15 is 0 Å². The Morgan fingerprint density at radius 3 is 2.24 bits per heavy atom. The molecular weight excluding hydrogens is 354 g/mol. The van der Waals surface area contributed by atoms with Crippen LogP contribution in [0.1, 0.15) is 29.5 Å². The largest absolute Gasteiger partial charge is 0.475 e. The first-order valence-electron chi connectivity index (χ1n) is 10.3. The van der Waals surface area contributed by atoms with Gasteiger partial charge in [0.15, 0.2) is 6.23 Å². The Kier molecular flexibility index (Phi) is 4.79. The molecule has 3 atom stereocenters. The van der Waals surface area contributed by atoms with E-state index in [1.54, 1.807) is 0 Å². The number of rotatable bonds is 4. The molecule has 0 saturated carbocycles. The fourth-order valence-corrected chi connectivity index (χ4v) is 4.55. The minimum atomic E-state index is -0.0472. The molecule has 0 aromatic heterocycles. The monoisotopic (exact) mass is 379 g/mol. The highest BCUT2D eigenvalue weighted by molar-refractivity contribution is 5.89. The molecule has 2 nitrogen and oxygen atoms in total. The normalized spacial score (nSPS) is 20.8. The maximum absolute atomic E-state index is 6.51. The molecule has 144 valence electrons. The molecule has 0 aliphatic carbocycles. The van der Waals surface area contributed by atoms with Crippen LogP contribution in [0.3, 0.4) is 0 Å². The first kappa shape index (κ1) is 18.0. The Bertz CT molecular complexity index is 1110. The molecule has 4 aromatic carbocycles. The van der Waals surface area contributed by atoms with E-state index in [0.717, 1.165) is 12.3 Å². The van der Waals surface area contributed by atoms with Crippen LogP contribution in [0.15, 0.2) is 97.1 Å². The Hall–Kier alpha value is -3.10. The van der Waals surface area contributed by atoms with E-state index in [-0.39, 0.29) is 12.1 Å². The van der Waals surface area contributed by atoms with Gasteiger partial charge in [0.2, 0.25) is 0 Å². The van der Waals surface area contributed by atoms with Crippen molar-refractivity contribution in [1.82, 2.24) is 5.32 Å². The third kappa shape index (κ3) is 3.41. The lowest BCUT2D eigenvalue weighted by atomic mass is 9.76. The lowest BCUT2D eigenvalue weighted by Crippen LogP contribution is -2.45. The number of nitrogens with one attached hydrogen (secondary N) is 1. The van der Waals surface area contributed by atoms with E-state index in [4.69, 9.17) is 4.74 Å². The maximum Gasteiger partial charge on any atom is 0.153 e. The van der Waals surface area contributed by atoms with Crippen molar-refractivity contribution in [3.63, 3.8) is 0 Å². The number of fused-ring (bicyclic) bond motifs is 3. The molecule has 0 radical (unpaired) electrons. The van der Waals surface area contributed by atoms with Crippen LogP contribution in [0.2, 0.25) is 0 Å². The SMILES string of the molecule is C[C@H]1[C@H](c2ccccc2)c2c(ccc3ccccc23)O[C@@H]1NCc1ccccc1. The predicted molar refractivity (Wildman–Crippen MR) is 119 cm³/mol. The average Bonchev–Trinajstić information content (AvgIpc) is 2.79. The summed E-state index contributed by atoms with van der Waals surface area (Å²) in [5.41, 5.74) is 3.91. The molecule has 0 unspecified atom stereocenters. The topological polar surface area (TPSA) is 21.3 Å². The van der Waals surface area contributed by atoms with Crippen molar-refractivity contribution in [2.75, 3.05) is 0 Å². The zero-order valence-corrected chi connectivity index (χ0v) is 16.6. The van der Waals surface area contributed by atoms with Crippen molar-refractivity contribution in [1.29, 1.82) is 0 Å². The molecule has 0 bridgehead atoms. The van der Waals surface area contributed by atoms with Crippen molar-refractivity contribution in [3.8, 4) is 5.75 Å². The minimum absolute atomic E-state index is 0.0472. The fraction of sp³-hybridized carbons (Fsp3) is 0.185. The minimum Gasteiger partial charge on any atom is -0.475 e. The van der Waals surface area contributed by atoms with Crippen LogP contribution in [0, 0.1) is 5.92 Å². The molecule has 1 aliphatic heterocycles. The number of hydrogen-bond donors (Lipinski definition) is 1. The molecule has 29 heavy (non-hydrogen) atoms. The van der Waals surface area contributed by atoms with Gasteiger partial charge in [-0.05, 0) is 28.0 Å². The summed E-state index contributed by atoms with van der Waals surface area (Å²) in [6, 6.07) is 34.3. The second-order valence-corrected chi connectivity index (χ2v) is 7.85. The maximum atomic E-state index is 6.51. The summed E-state index contributed by atoms with van der Waals surface area (Å²) in [5.74, 6) is 1.56. The predicted octanol–water partition coefficient (Wildman–Crippen LogP) is 6.12. The standard InChI is InChI=1S/C27H25NO/c1-19-25(22-13-6-3-7-14-22)26-23-15-9-8-12-21(23)16-17-24(26)29-27(19)28-18-20-10-4-2-5-11-20/h2-17,19,25,27-28H,18H2,1H3/t19-,25+,27-/m0/s1. The summed E-state index contributed by atoms with van der Waals surface area (Å²) in [6.07, 6.45) is -0.0472. The van der Waals surface area contributed by atoms with E-state index in [9.17, 15) is 0 Å². The second-order valence-electron chi connectivity index (χ2n) is 7.85. The molecule has 1 heterocycles. The fourth-order valence-electron chi connectivity index (χ4n) is 4.55. The summed E-state index contributed by atoms with van der Waals surface area (Å²) in [5, 5.41) is 6.20. The van der Waals surface area contributed by atoms with Crippen molar-refractivity contribution >= 4 is 10.8 Å². The van der Waals surface area contributed by atoms with Gasteiger partial charge < -0.3 is 4.74 Å². The van der Waals surface area contributed by atoms with Crippen LogP contribution in [0.5, 0.6) is 5.75 Å². The van der Waals surface area contributed by atoms with Crippen molar-refractivity contribution in [2.24, 2.45) is 5.92 Å². The van der Waals surface area contributed by atoms with Gasteiger partial charge in [0.25, 0.3) is 0 Å². The van der Waals surface area contributed by atoms with E-state index in [2.05, 4.69) is 109 Å². The average molecular weight is 380 g/mol. The van der Waals surface area contributed by atoms with Gasteiger partial charge in [-0.3, -0.25) is 5.32 Å². The molecule has 0 fully saturated rings. The highest BCUT2D eigenvalue weighted by Gasteiger charge is 2.37. The van der Waals surface area contributed by atoms with Gasteiger partial charge in [0.1, 0.15) is 5.75 Å². The van der Waals surface area contributed by atoms with Crippen LogP contribution in [0.25, 0.3) is 10.8 Å². The summed E-state index contributed by atoms with van der Waals surface area (Å²) in [7, 11) is 0. The van der Waals surface area contributed by atoms with Crippen LogP contribution in [-0.4, -0.2) is 6.23 Å². The lowest BCUT2D eigenvalue weighted by molar-refractivity contribution is 0.0786. The molecule has 1 aliphatic rings. The van der Waals surface area contributed by atoms with Gasteiger partial charge in [-0.15, -0.1) is 0 Å². The Morgan fingerprint density at radius 1 is 0.759 bits per heavy atom. The summed E-state index contributed by atoms with van der Waals surface area (Å²) < 4.78 is 6.51. The molecule has 4 aromatic rings. The van der Waals surface area contributed by atoms with Crippen LogP contribution in [0.4, 0.5) is 0 Å². The first-order chi connectivity index (χ1) is 14.3. The van der Waals surface area contributed by atoms with Crippen molar-refractivity contribution < 1.29 is 4.74 Å². The van der Waals surface area contributed by atoms with Gasteiger partial charge in [-0.2, -0.15) is 0 Å². The smallest absolute Gasteiger partial charge is 0.153 e. The first-order valence-corrected chi connectivity index (χ1v) is 10.3. The Morgan fingerprint density at radius 2 is 1.45 bits per heavy atom. The highest BCUT2D eigenvalue weighted by Crippen LogP contribution is 2.46. The van der Waals surface area contributed by atoms with Gasteiger partial charge in [0, 0.05) is 23.9 Å². The summed E-state index contributed by atoms with van der Waals surface area (Å²) in [6.45, 7) is 3.09. The zero-order chi connectivity index (χ0) is 19.6. The zero-order valence-electron chi connectivity index (χ0n) is 16.6. The van der Waals surface area contributed by atoms with Crippen molar-refractivity contribution in [2.45, 2.75) is 25.6 Å². The third-order valence-corrected chi connectivity index (χ3v) is 6.01. The molecule has 1 N–H and O–H groups in total. The second kappa shape index (κ2) is 7.73. The molecular formula is C27H25NO. The van der Waals surface area contributed by atoms with Gasteiger partial charge in [0.05, 0.1) is 0 Å². The van der Waals surface area contributed by atoms with E-state index in [0.29, 0.717) is 5.92 Å². The molecule has 0 spiro atoms. The Labute approximate surface area is 172 Å². The summed E-state index contributed by atoms with van der Waals surface area (Å²) >= 11 is 0. The number of hydrogen-bond acceptors (Lipinski definition) is 2. The van der Waals surface area contributed by atoms with Gasteiger partial charge in [-0.25, -0.2) is 0 Å². The third-order valence-electron chi connectivity index (χ3n) is 6.01. The molecule has 0 amide bonds. The van der Waals surface area contributed by atoms with Gasteiger partial charge >= 0.3 is 0 Å². The van der Waals surface area contributed by atoms with Crippen LogP contribution < -0.4 is 10.1 Å². The quantitative estimate of drug-likeness (QED) is 0.461. The highest BCUT2D eigenvalue weighted by atomic mass is 16.5. The molecule has 5 rings (SSSR count). The van der Waals surface area contributed by atoms with Crippen molar-refractivity contribution in [3.05, 3.63) is 114 Å². The van der Waals surface area contributed by atoms with E-state index in [1.165, 1.54) is 27.5 Å².